The summed E-state index contributed by atoms with van der Waals surface area (Å²) in [4.78, 5) is 30.5. The van der Waals surface area contributed by atoms with E-state index in [-0.39, 0.29) is 19.2 Å². The van der Waals surface area contributed by atoms with Crippen LogP contribution in [0.1, 0.15) is 213 Å². The second-order valence-corrected chi connectivity index (χ2v) is 14.9. The third-order valence-corrected chi connectivity index (χ3v) is 9.39. The molecule has 0 aliphatic carbocycles. The molecule has 0 amide bonds. The largest absolute Gasteiger partial charge is 0.469 e. The Bertz CT molecular complexity index is 669. The predicted octanol–water partition coefficient (Wildman–Crippen LogP) is 12.2. The van der Waals surface area contributed by atoms with Gasteiger partial charge in [0.1, 0.15) is 6.10 Å². The molecule has 1 atom stereocenters. The van der Waals surface area contributed by atoms with Crippen LogP contribution in [0.15, 0.2) is 0 Å². The highest BCUT2D eigenvalue weighted by molar-refractivity contribution is 7.46. The molecule has 0 rings (SSSR count). The van der Waals surface area contributed by atoms with Crippen LogP contribution in [0.4, 0.5) is 0 Å². The molecule has 46 heavy (non-hydrogen) atoms. The molecule has 7 nitrogen and oxygen atoms in total. The number of carbonyl (C=O) groups is 1. The van der Waals surface area contributed by atoms with Crippen LogP contribution in [-0.4, -0.2) is 41.7 Å². The Kier molecular flexibility index (Phi) is 35.5. The first-order valence-corrected chi connectivity index (χ1v) is 21.4. The summed E-state index contributed by atoms with van der Waals surface area (Å²) >= 11 is 0. The van der Waals surface area contributed by atoms with E-state index in [0.29, 0.717) is 13.0 Å². The zero-order valence-corrected chi connectivity index (χ0v) is 31.4. The van der Waals surface area contributed by atoms with Crippen molar-refractivity contribution in [3.05, 3.63) is 0 Å². The quantitative estimate of drug-likeness (QED) is 0.0381. The lowest BCUT2D eigenvalue weighted by atomic mass is 10.0. The van der Waals surface area contributed by atoms with E-state index in [4.69, 9.17) is 19.3 Å². The van der Waals surface area contributed by atoms with Crippen LogP contribution >= 0.6 is 7.82 Å². The molecule has 276 valence electrons. The third-order valence-electron chi connectivity index (χ3n) is 8.91. The normalized spacial score (nSPS) is 12.5. The average Bonchev–Trinajstić information content (AvgIpc) is 3.02. The highest BCUT2D eigenvalue weighted by Crippen LogP contribution is 2.36. The smallest absolute Gasteiger partial charge is 0.457 e. The van der Waals surface area contributed by atoms with Crippen LogP contribution in [0.5, 0.6) is 0 Å². The van der Waals surface area contributed by atoms with Gasteiger partial charge in [-0.3, -0.25) is 9.32 Å². The van der Waals surface area contributed by atoms with E-state index in [2.05, 4.69) is 18.4 Å². The van der Waals surface area contributed by atoms with Crippen LogP contribution in [0.25, 0.3) is 0 Å². The Morgan fingerprint density at radius 1 is 0.500 bits per heavy atom. The number of unbranched alkanes of at least 4 members (excludes halogenated alkanes) is 28. The summed E-state index contributed by atoms with van der Waals surface area (Å²) in [6, 6.07) is 0. The molecular weight excluding hydrogens is 599 g/mol. The van der Waals surface area contributed by atoms with Gasteiger partial charge >= 0.3 is 13.8 Å². The lowest BCUT2D eigenvalue weighted by molar-refractivity contribution is -0.154. The molecular formula is C38H77O7P. The fourth-order valence-corrected chi connectivity index (χ4v) is 6.33. The molecule has 2 N–H and O–H groups in total. The van der Waals surface area contributed by atoms with Gasteiger partial charge in [0.25, 0.3) is 0 Å². The minimum Gasteiger partial charge on any atom is -0.457 e. The molecule has 0 aromatic rings. The average molecular weight is 677 g/mol. The Balaban J connectivity index is 3.74. The number of carbonyl (C=O) groups excluding carboxylic acids is 1. The van der Waals surface area contributed by atoms with Gasteiger partial charge in [0.05, 0.1) is 13.2 Å². The van der Waals surface area contributed by atoms with Crippen LogP contribution in [0.2, 0.25) is 0 Å². The van der Waals surface area contributed by atoms with Crippen molar-refractivity contribution >= 4 is 13.8 Å². The number of rotatable bonds is 38. The maximum absolute atomic E-state index is 12.4. The first-order valence-electron chi connectivity index (χ1n) is 19.9. The summed E-state index contributed by atoms with van der Waals surface area (Å²) in [6.45, 7) is 4.79. The molecule has 0 aromatic carbocycles. The molecule has 0 aromatic heterocycles. The Hall–Kier alpha value is -0.460. The molecule has 0 saturated heterocycles. The first-order chi connectivity index (χ1) is 22.4. The topological polar surface area (TPSA) is 102 Å². The van der Waals surface area contributed by atoms with Crippen molar-refractivity contribution in [1.82, 2.24) is 0 Å². The maximum Gasteiger partial charge on any atom is 0.469 e. The molecule has 0 unspecified atom stereocenters. The zero-order valence-electron chi connectivity index (χ0n) is 30.5. The lowest BCUT2D eigenvalue weighted by Gasteiger charge is -2.18. The van der Waals surface area contributed by atoms with Gasteiger partial charge in [-0.2, -0.15) is 0 Å². The summed E-state index contributed by atoms with van der Waals surface area (Å²) in [5, 5.41) is 0. The number of phosphoric acid groups is 1. The molecule has 0 fully saturated rings. The second-order valence-electron chi connectivity index (χ2n) is 13.6. The van der Waals surface area contributed by atoms with Gasteiger partial charge in [0, 0.05) is 13.0 Å². The highest BCUT2D eigenvalue weighted by atomic mass is 31.2. The van der Waals surface area contributed by atoms with Gasteiger partial charge < -0.3 is 19.3 Å². The fraction of sp³-hybridized carbons (Fsp3) is 0.974. The Morgan fingerprint density at radius 2 is 0.826 bits per heavy atom. The number of esters is 1. The first kappa shape index (κ1) is 45.5. The minimum absolute atomic E-state index is 0.0862. The molecule has 8 heteroatoms. The van der Waals surface area contributed by atoms with Gasteiger partial charge in [-0.05, 0) is 12.8 Å². The summed E-state index contributed by atoms with van der Waals surface area (Å²) in [6.07, 6.45) is 38.1. The molecule has 0 spiro atoms. The summed E-state index contributed by atoms with van der Waals surface area (Å²) < 4.78 is 26.9. The van der Waals surface area contributed by atoms with Crippen molar-refractivity contribution in [1.29, 1.82) is 0 Å². The van der Waals surface area contributed by atoms with Gasteiger partial charge in [0.2, 0.25) is 0 Å². The summed E-state index contributed by atoms with van der Waals surface area (Å²) in [5.74, 6) is -0.357. The van der Waals surface area contributed by atoms with Crippen molar-refractivity contribution < 1.29 is 33.1 Å². The number of hydrogen-bond acceptors (Lipinski definition) is 5. The van der Waals surface area contributed by atoms with Gasteiger partial charge in [-0.15, -0.1) is 0 Å². The van der Waals surface area contributed by atoms with Gasteiger partial charge in [-0.1, -0.05) is 194 Å². The highest BCUT2D eigenvalue weighted by Gasteiger charge is 2.21. The predicted molar refractivity (Wildman–Crippen MR) is 193 cm³/mol. The van der Waals surface area contributed by atoms with E-state index in [0.717, 1.165) is 32.1 Å². The van der Waals surface area contributed by atoms with Crippen LogP contribution in [0.3, 0.4) is 0 Å². The van der Waals surface area contributed by atoms with Crippen molar-refractivity contribution in [3.63, 3.8) is 0 Å². The number of phosphoric ester groups is 1. The Morgan fingerprint density at radius 3 is 1.17 bits per heavy atom. The molecule has 0 bridgehead atoms. The van der Waals surface area contributed by atoms with Crippen molar-refractivity contribution in [3.8, 4) is 0 Å². The molecule has 0 aliphatic heterocycles. The lowest BCUT2D eigenvalue weighted by Crippen LogP contribution is -2.28. The Labute approximate surface area is 285 Å². The van der Waals surface area contributed by atoms with E-state index in [1.165, 1.54) is 161 Å². The van der Waals surface area contributed by atoms with Crippen LogP contribution in [-0.2, 0) is 23.4 Å². The van der Waals surface area contributed by atoms with Crippen LogP contribution < -0.4 is 0 Å². The summed E-state index contributed by atoms with van der Waals surface area (Å²) in [7, 11) is -4.64. The van der Waals surface area contributed by atoms with E-state index in [1.807, 2.05) is 0 Å². The third kappa shape index (κ3) is 38.0. The SMILES string of the molecule is CCCCCCCCCCCCCCCCCCCCC(=O)O[C@H](COCCCCCCCCCCCCCC)COP(=O)(O)O. The molecule has 0 aliphatic rings. The van der Waals surface area contributed by atoms with Gasteiger partial charge in [-0.25, -0.2) is 4.57 Å². The minimum atomic E-state index is -4.64. The molecule has 0 heterocycles. The second kappa shape index (κ2) is 35.8. The van der Waals surface area contributed by atoms with Crippen LogP contribution in [0, 0.1) is 0 Å². The van der Waals surface area contributed by atoms with Crippen molar-refractivity contribution in [2.24, 2.45) is 0 Å². The fourth-order valence-electron chi connectivity index (χ4n) is 5.97. The number of hydrogen-bond donors (Lipinski definition) is 2. The van der Waals surface area contributed by atoms with E-state index in [1.54, 1.807) is 0 Å². The van der Waals surface area contributed by atoms with E-state index >= 15 is 0 Å². The van der Waals surface area contributed by atoms with Crippen molar-refractivity contribution in [2.75, 3.05) is 19.8 Å². The molecule has 0 radical (unpaired) electrons. The van der Waals surface area contributed by atoms with Crippen molar-refractivity contribution in [2.45, 2.75) is 219 Å². The van der Waals surface area contributed by atoms with E-state index < -0.39 is 13.9 Å². The number of ether oxygens (including phenoxy) is 2. The monoisotopic (exact) mass is 677 g/mol. The molecule has 0 saturated carbocycles. The van der Waals surface area contributed by atoms with Gasteiger partial charge in [0.15, 0.2) is 0 Å². The van der Waals surface area contributed by atoms with E-state index in [9.17, 15) is 9.36 Å². The maximum atomic E-state index is 12.4. The summed E-state index contributed by atoms with van der Waals surface area (Å²) in [5.41, 5.74) is 0. The standard InChI is InChI=1S/C38H77O7P/c1-3-5-7-9-11-13-15-17-18-19-20-21-22-23-25-27-29-31-33-38(39)45-37(36-44-46(40,41)42)35-43-34-32-30-28-26-24-16-14-12-10-8-6-4-2/h37H,3-36H2,1-2H3,(H2,40,41,42)/t37-/m1/s1. The zero-order chi connectivity index (χ0) is 33.8.